The minimum absolute atomic E-state index is 0.124. The van der Waals surface area contributed by atoms with E-state index in [9.17, 15) is 4.79 Å². The summed E-state index contributed by atoms with van der Waals surface area (Å²) in [5.41, 5.74) is 0.769. The monoisotopic (exact) mass is 223 g/mol. The fraction of sp³-hybridized carbons (Fsp3) is 0.417. The SMILES string of the molecule is O=C(c1ccccc1)N1CCC(Cl)CC1. The Labute approximate surface area is 94.8 Å². The van der Waals surface area contributed by atoms with Crippen molar-refractivity contribution in [3.8, 4) is 0 Å². The third kappa shape index (κ3) is 2.51. The Morgan fingerprint density at radius 3 is 2.40 bits per heavy atom. The average molecular weight is 224 g/mol. The maximum Gasteiger partial charge on any atom is 0.253 e. The van der Waals surface area contributed by atoms with Crippen molar-refractivity contribution in [2.24, 2.45) is 0 Å². The Morgan fingerprint density at radius 2 is 1.80 bits per heavy atom. The van der Waals surface area contributed by atoms with Crippen molar-refractivity contribution in [2.45, 2.75) is 18.2 Å². The van der Waals surface area contributed by atoms with Crippen molar-refractivity contribution in [1.29, 1.82) is 0 Å². The predicted molar refractivity (Wildman–Crippen MR) is 61.2 cm³/mol. The summed E-state index contributed by atoms with van der Waals surface area (Å²) in [6.45, 7) is 1.56. The molecule has 0 atom stereocenters. The molecule has 15 heavy (non-hydrogen) atoms. The van der Waals surface area contributed by atoms with E-state index in [-0.39, 0.29) is 11.3 Å². The molecule has 1 aliphatic heterocycles. The molecule has 0 saturated carbocycles. The van der Waals surface area contributed by atoms with Crippen LogP contribution in [0.2, 0.25) is 0 Å². The number of carbonyl (C=O) groups excluding carboxylic acids is 1. The fourth-order valence-corrected chi connectivity index (χ4v) is 2.01. The summed E-state index contributed by atoms with van der Waals surface area (Å²) in [5.74, 6) is 0.124. The Morgan fingerprint density at radius 1 is 1.20 bits per heavy atom. The van der Waals surface area contributed by atoms with Gasteiger partial charge < -0.3 is 4.90 Å². The second-order valence-electron chi connectivity index (χ2n) is 3.83. The van der Waals surface area contributed by atoms with E-state index < -0.39 is 0 Å². The van der Waals surface area contributed by atoms with Crippen LogP contribution in [0.15, 0.2) is 30.3 Å². The predicted octanol–water partition coefficient (Wildman–Crippen LogP) is 2.53. The highest BCUT2D eigenvalue weighted by Gasteiger charge is 2.21. The fourth-order valence-electron chi connectivity index (χ4n) is 1.81. The van der Waals surface area contributed by atoms with Crippen molar-refractivity contribution >= 4 is 17.5 Å². The smallest absolute Gasteiger partial charge is 0.253 e. The van der Waals surface area contributed by atoms with E-state index in [1.54, 1.807) is 0 Å². The third-order valence-corrected chi connectivity index (χ3v) is 3.17. The summed E-state index contributed by atoms with van der Waals surface area (Å²) in [4.78, 5) is 13.9. The van der Waals surface area contributed by atoms with Gasteiger partial charge in [-0.15, -0.1) is 11.6 Å². The van der Waals surface area contributed by atoms with E-state index in [0.29, 0.717) is 0 Å². The van der Waals surface area contributed by atoms with Gasteiger partial charge in [0.15, 0.2) is 0 Å². The quantitative estimate of drug-likeness (QED) is 0.670. The lowest BCUT2D eigenvalue weighted by Gasteiger charge is -2.29. The topological polar surface area (TPSA) is 20.3 Å². The molecule has 0 aromatic heterocycles. The largest absolute Gasteiger partial charge is 0.339 e. The Hall–Kier alpha value is -1.02. The molecular weight excluding hydrogens is 210 g/mol. The molecule has 0 aliphatic carbocycles. The number of likely N-dealkylation sites (tertiary alicyclic amines) is 1. The number of amides is 1. The van der Waals surface area contributed by atoms with Crippen molar-refractivity contribution in [3.05, 3.63) is 35.9 Å². The molecule has 1 amide bonds. The van der Waals surface area contributed by atoms with Crippen LogP contribution in [0, 0.1) is 0 Å². The van der Waals surface area contributed by atoms with Gasteiger partial charge in [-0.25, -0.2) is 0 Å². The van der Waals surface area contributed by atoms with Crippen LogP contribution >= 0.6 is 11.6 Å². The van der Waals surface area contributed by atoms with Gasteiger partial charge in [-0.1, -0.05) is 18.2 Å². The van der Waals surface area contributed by atoms with Gasteiger partial charge in [0.05, 0.1) is 0 Å². The first kappa shape index (κ1) is 10.5. The van der Waals surface area contributed by atoms with E-state index in [4.69, 9.17) is 11.6 Å². The zero-order valence-corrected chi connectivity index (χ0v) is 9.28. The van der Waals surface area contributed by atoms with Crippen LogP contribution in [-0.4, -0.2) is 29.3 Å². The molecule has 0 unspecified atom stereocenters. The molecule has 2 nitrogen and oxygen atoms in total. The van der Waals surface area contributed by atoms with E-state index in [1.807, 2.05) is 35.2 Å². The first-order valence-electron chi connectivity index (χ1n) is 5.26. The van der Waals surface area contributed by atoms with E-state index in [2.05, 4.69) is 0 Å². The highest BCUT2D eigenvalue weighted by atomic mass is 35.5. The van der Waals surface area contributed by atoms with E-state index >= 15 is 0 Å². The van der Waals surface area contributed by atoms with Crippen molar-refractivity contribution in [3.63, 3.8) is 0 Å². The van der Waals surface area contributed by atoms with Gasteiger partial charge in [0, 0.05) is 24.0 Å². The molecule has 1 heterocycles. The van der Waals surface area contributed by atoms with Crippen LogP contribution < -0.4 is 0 Å². The minimum Gasteiger partial charge on any atom is -0.339 e. The maximum absolute atomic E-state index is 12.0. The van der Waals surface area contributed by atoms with Gasteiger partial charge in [-0.3, -0.25) is 4.79 Å². The number of hydrogen-bond acceptors (Lipinski definition) is 1. The number of nitrogens with zero attached hydrogens (tertiary/aromatic N) is 1. The highest BCUT2D eigenvalue weighted by molar-refractivity contribution is 6.20. The van der Waals surface area contributed by atoms with Gasteiger partial charge in [0.25, 0.3) is 5.91 Å². The first-order chi connectivity index (χ1) is 7.27. The molecule has 0 N–H and O–H groups in total. The molecule has 1 aromatic rings. The lowest BCUT2D eigenvalue weighted by Crippen LogP contribution is -2.38. The molecule has 0 radical (unpaired) electrons. The molecule has 0 bridgehead atoms. The van der Waals surface area contributed by atoms with Crippen molar-refractivity contribution in [1.82, 2.24) is 4.90 Å². The number of piperidine rings is 1. The van der Waals surface area contributed by atoms with Crippen LogP contribution in [0.3, 0.4) is 0 Å². The first-order valence-corrected chi connectivity index (χ1v) is 5.69. The lowest BCUT2D eigenvalue weighted by molar-refractivity contribution is 0.0726. The molecule has 80 valence electrons. The maximum atomic E-state index is 12.0. The van der Waals surface area contributed by atoms with Gasteiger partial charge in [-0.05, 0) is 25.0 Å². The van der Waals surface area contributed by atoms with Crippen molar-refractivity contribution in [2.75, 3.05) is 13.1 Å². The average Bonchev–Trinajstić information content (AvgIpc) is 2.30. The summed E-state index contributed by atoms with van der Waals surface area (Å²) < 4.78 is 0. The van der Waals surface area contributed by atoms with Gasteiger partial charge in [0.1, 0.15) is 0 Å². The number of rotatable bonds is 1. The molecule has 1 fully saturated rings. The molecule has 2 rings (SSSR count). The van der Waals surface area contributed by atoms with Gasteiger partial charge in [0.2, 0.25) is 0 Å². The summed E-state index contributed by atoms with van der Waals surface area (Å²) in [5, 5.41) is 0.241. The Kier molecular flexibility index (Phi) is 3.27. The van der Waals surface area contributed by atoms with Gasteiger partial charge in [-0.2, -0.15) is 0 Å². The van der Waals surface area contributed by atoms with Crippen molar-refractivity contribution < 1.29 is 4.79 Å². The number of alkyl halides is 1. The number of benzene rings is 1. The molecule has 1 aliphatic rings. The number of carbonyl (C=O) groups is 1. The summed E-state index contributed by atoms with van der Waals surface area (Å²) >= 11 is 5.99. The normalized spacial score (nSPS) is 17.8. The number of halogens is 1. The zero-order chi connectivity index (χ0) is 10.7. The summed E-state index contributed by atoms with van der Waals surface area (Å²) in [7, 11) is 0. The number of hydrogen-bond donors (Lipinski definition) is 0. The zero-order valence-electron chi connectivity index (χ0n) is 8.53. The van der Waals surface area contributed by atoms with E-state index in [1.165, 1.54) is 0 Å². The van der Waals surface area contributed by atoms with Crippen LogP contribution in [-0.2, 0) is 0 Å². The third-order valence-electron chi connectivity index (χ3n) is 2.73. The Balaban J connectivity index is 2.03. The summed E-state index contributed by atoms with van der Waals surface area (Å²) in [6.07, 6.45) is 1.81. The highest BCUT2D eigenvalue weighted by Crippen LogP contribution is 2.17. The molecule has 1 aromatic carbocycles. The van der Waals surface area contributed by atoms with Crippen LogP contribution in [0.25, 0.3) is 0 Å². The molecule has 3 heteroatoms. The van der Waals surface area contributed by atoms with Crippen LogP contribution in [0.1, 0.15) is 23.2 Å². The lowest BCUT2D eigenvalue weighted by atomic mass is 10.1. The second kappa shape index (κ2) is 4.67. The molecular formula is C12H14ClNO. The summed E-state index contributed by atoms with van der Waals surface area (Å²) in [6, 6.07) is 9.41. The Bertz CT molecular complexity index is 331. The van der Waals surface area contributed by atoms with Crippen LogP contribution in [0.4, 0.5) is 0 Å². The van der Waals surface area contributed by atoms with Gasteiger partial charge >= 0.3 is 0 Å². The minimum atomic E-state index is 0.124. The van der Waals surface area contributed by atoms with E-state index in [0.717, 1.165) is 31.5 Å². The molecule has 1 saturated heterocycles. The second-order valence-corrected chi connectivity index (χ2v) is 4.45. The molecule has 0 spiro atoms. The van der Waals surface area contributed by atoms with Crippen LogP contribution in [0.5, 0.6) is 0 Å². The standard InChI is InChI=1S/C12H14ClNO/c13-11-6-8-14(9-7-11)12(15)10-4-2-1-3-5-10/h1-5,11H,6-9H2.